The Kier molecular flexibility index (Phi) is 5.30. The van der Waals surface area contributed by atoms with Crippen molar-refractivity contribution in [2.75, 3.05) is 18.5 Å². The van der Waals surface area contributed by atoms with Gasteiger partial charge in [-0.25, -0.2) is 0 Å². The van der Waals surface area contributed by atoms with Crippen molar-refractivity contribution in [2.45, 2.75) is 20.0 Å². The molecule has 16 heavy (non-hydrogen) atoms. The fraction of sp³-hybridized carbons (Fsp3) is 0.417. The summed E-state index contributed by atoms with van der Waals surface area (Å²) in [5, 5.41) is 12.0. The predicted octanol–water partition coefficient (Wildman–Crippen LogP) is 3.16. The van der Waals surface area contributed by atoms with Gasteiger partial charge in [-0.15, -0.1) is 0 Å². The normalized spacial score (nSPS) is 11.9. The van der Waals surface area contributed by atoms with Gasteiger partial charge in [0.1, 0.15) is 0 Å². The van der Waals surface area contributed by atoms with Crippen molar-refractivity contribution in [3.8, 4) is 6.07 Å². The van der Waals surface area contributed by atoms with Gasteiger partial charge < -0.3 is 10.1 Å². The first-order chi connectivity index (χ1) is 7.67. The van der Waals surface area contributed by atoms with Gasteiger partial charge in [0, 0.05) is 23.3 Å². The zero-order valence-electron chi connectivity index (χ0n) is 9.46. The molecule has 0 aliphatic heterocycles. The number of hydrogen-bond acceptors (Lipinski definition) is 3. The summed E-state index contributed by atoms with van der Waals surface area (Å²) in [6.07, 6.45) is 0.174. The van der Waals surface area contributed by atoms with Gasteiger partial charge in [-0.1, -0.05) is 0 Å². The highest BCUT2D eigenvalue weighted by molar-refractivity contribution is 9.10. The maximum absolute atomic E-state index is 8.73. The molecule has 1 atom stereocenters. The lowest BCUT2D eigenvalue weighted by Crippen LogP contribution is -2.19. The first-order valence-electron chi connectivity index (χ1n) is 5.22. The number of ether oxygens (including phenoxy) is 1. The molecule has 1 rings (SSSR count). The molecule has 0 aromatic heterocycles. The van der Waals surface area contributed by atoms with Crippen LogP contribution in [0.25, 0.3) is 0 Å². The van der Waals surface area contributed by atoms with Crippen molar-refractivity contribution < 1.29 is 4.74 Å². The summed E-state index contributed by atoms with van der Waals surface area (Å²) < 4.78 is 6.32. The number of benzene rings is 1. The van der Waals surface area contributed by atoms with E-state index < -0.39 is 0 Å². The molecule has 4 heteroatoms. The monoisotopic (exact) mass is 282 g/mol. The zero-order valence-corrected chi connectivity index (χ0v) is 11.0. The second-order valence-electron chi connectivity index (χ2n) is 3.45. The molecule has 1 N–H and O–H groups in total. The molecule has 0 aliphatic rings. The third-order valence-corrected chi connectivity index (χ3v) is 2.79. The number of nitrogens with one attached hydrogen (secondary N) is 1. The highest BCUT2D eigenvalue weighted by Crippen LogP contribution is 2.23. The van der Waals surface area contributed by atoms with Crippen molar-refractivity contribution in [3.05, 3.63) is 28.2 Å². The van der Waals surface area contributed by atoms with E-state index >= 15 is 0 Å². The molecule has 0 fully saturated rings. The fourth-order valence-corrected chi connectivity index (χ4v) is 1.84. The largest absolute Gasteiger partial charge is 0.382 e. The average molecular weight is 283 g/mol. The Balaban J connectivity index is 2.58. The smallest absolute Gasteiger partial charge is 0.0992 e. The van der Waals surface area contributed by atoms with Crippen LogP contribution < -0.4 is 5.32 Å². The summed E-state index contributed by atoms with van der Waals surface area (Å²) in [4.78, 5) is 0. The van der Waals surface area contributed by atoms with Gasteiger partial charge in [0.2, 0.25) is 0 Å². The highest BCUT2D eigenvalue weighted by Gasteiger charge is 2.04. The topological polar surface area (TPSA) is 45.0 Å². The van der Waals surface area contributed by atoms with Crippen LogP contribution in [0, 0.1) is 11.3 Å². The van der Waals surface area contributed by atoms with Crippen molar-refractivity contribution >= 4 is 21.6 Å². The van der Waals surface area contributed by atoms with Crippen molar-refractivity contribution in [1.82, 2.24) is 0 Å². The minimum Gasteiger partial charge on any atom is -0.382 e. The molecule has 0 saturated heterocycles. The molecule has 0 radical (unpaired) electrons. The Labute approximate surface area is 105 Å². The van der Waals surface area contributed by atoms with Gasteiger partial charge in [-0.3, -0.25) is 0 Å². The Morgan fingerprint density at radius 2 is 2.31 bits per heavy atom. The minimum absolute atomic E-state index is 0.174. The fourth-order valence-electron chi connectivity index (χ4n) is 1.33. The summed E-state index contributed by atoms with van der Waals surface area (Å²) >= 11 is 3.42. The quantitative estimate of drug-likeness (QED) is 0.902. The third kappa shape index (κ3) is 3.84. The van der Waals surface area contributed by atoms with E-state index in [9.17, 15) is 0 Å². The lowest BCUT2D eigenvalue weighted by molar-refractivity contribution is 0.0855. The van der Waals surface area contributed by atoms with Gasteiger partial charge in [-0.2, -0.15) is 5.26 Å². The SMILES string of the molecule is CCOC(C)CNc1ccc(C#N)cc1Br. The van der Waals surface area contributed by atoms with Gasteiger partial charge in [0.25, 0.3) is 0 Å². The maximum Gasteiger partial charge on any atom is 0.0992 e. The Hall–Kier alpha value is -1.05. The molecule has 1 aromatic rings. The average Bonchev–Trinajstić information content (AvgIpc) is 2.27. The van der Waals surface area contributed by atoms with Crippen LogP contribution in [-0.2, 0) is 4.74 Å². The Morgan fingerprint density at radius 3 is 2.88 bits per heavy atom. The van der Waals surface area contributed by atoms with Crippen LogP contribution in [0.3, 0.4) is 0 Å². The van der Waals surface area contributed by atoms with Crippen molar-refractivity contribution in [2.24, 2.45) is 0 Å². The van der Waals surface area contributed by atoms with E-state index in [0.29, 0.717) is 5.56 Å². The molecule has 3 nitrogen and oxygen atoms in total. The van der Waals surface area contributed by atoms with Crippen LogP contribution in [0.15, 0.2) is 22.7 Å². The first kappa shape index (κ1) is 13.0. The molecular weight excluding hydrogens is 268 g/mol. The summed E-state index contributed by atoms with van der Waals surface area (Å²) in [5.74, 6) is 0. The van der Waals surface area contributed by atoms with E-state index in [0.717, 1.165) is 23.3 Å². The molecule has 0 bridgehead atoms. The lowest BCUT2D eigenvalue weighted by Gasteiger charge is -2.14. The van der Waals surface area contributed by atoms with E-state index in [2.05, 4.69) is 27.3 Å². The van der Waals surface area contributed by atoms with Gasteiger partial charge in [-0.05, 0) is 48.0 Å². The number of rotatable bonds is 5. The van der Waals surface area contributed by atoms with Gasteiger partial charge >= 0.3 is 0 Å². The molecule has 0 amide bonds. The van der Waals surface area contributed by atoms with E-state index in [1.54, 1.807) is 12.1 Å². The number of hydrogen-bond donors (Lipinski definition) is 1. The summed E-state index contributed by atoms with van der Waals surface area (Å²) in [6, 6.07) is 7.58. The number of nitrogens with zero attached hydrogens (tertiary/aromatic N) is 1. The number of nitriles is 1. The lowest BCUT2D eigenvalue weighted by atomic mass is 10.2. The molecule has 0 spiro atoms. The van der Waals surface area contributed by atoms with E-state index in [1.165, 1.54) is 0 Å². The number of anilines is 1. The predicted molar refractivity (Wildman–Crippen MR) is 68.4 cm³/mol. The molecular formula is C12H15BrN2O. The van der Waals surface area contributed by atoms with Crippen LogP contribution in [0.1, 0.15) is 19.4 Å². The molecule has 86 valence electrons. The van der Waals surface area contributed by atoms with Crippen LogP contribution in [0.4, 0.5) is 5.69 Å². The summed E-state index contributed by atoms with van der Waals surface area (Å²) in [6.45, 7) is 5.47. The highest BCUT2D eigenvalue weighted by atomic mass is 79.9. The molecule has 1 aromatic carbocycles. The van der Waals surface area contributed by atoms with Gasteiger partial charge in [0.15, 0.2) is 0 Å². The number of halogens is 1. The minimum atomic E-state index is 0.174. The molecule has 1 unspecified atom stereocenters. The van der Waals surface area contributed by atoms with E-state index in [1.807, 2.05) is 19.9 Å². The Morgan fingerprint density at radius 1 is 1.56 bits per heavy atom. The van der Waals surface area contributed by atoms with Crippen LogP contribution >= 0.6 is 15.9 Å². The van der Waals surface area contributed by atoms with Crippen molar-refractivity contribution in [1.29, 1.82) is 5.26 Å². The molecule has 0 aliphatic carbocycles. The summed E-state index contributed by atoms with van der Waals surface area (Å²) in [7, 11) is 0. The van der Waals surface area contributed by atoms with Crippen LogP contribution in [0.5, 0.6) is 0 Å². The third-order valence-electron chi connectivity index (χ3n) is 2.13. The van der Waals surface area contributed by atoms with E-state index in [4.69, 9.17) is 10.00 Å². The van der Waals surface area contributed by atoms with Crippen LogP contribution in [0.2, 0.25) is 0 Å². The second kappa shape index (κ2) is 6.51. The Bertz CT molecular complexity index is 387. The summed E-state index contributed by atoms with van der Waals surface area (Å²) in [5.41, 5.74) is 1.63. The van der Waals surface area contributed by atoms with Crippen LogP contribution in [-0.4, -0.2) is 19.3 Å². The second-order valence-corrected chi connectivity index (χ2v) is 4.31. The van der Waals surface area contributed by atoms with Gasteiger partial charge in [0.05, 0.1) is 17.7 Å². The molecule has 0 heterocycles. The molecule has 0 saturated carbocycles. The van der Waals surface area contributed by atoms with Crippen molar-refractivity contribution in [3.63, 3.8) is 0 Å². The first-order valence-corrected chi connectivity index (χ1v) is 6.01. The zero-order chi connectivity index (χ0) is 12.0. The maximum atomic E-state index is 8.73. The van der Waals surface area contributed by atoms with E-state index in [-0.39, 0.29) is 6.10 Å². The standard InChI is InChI=1S/C12H15BrN2O/c1-3-16-9(2)8-15-12-5-4-10(7-14)6-11(12)13/h4-6,9,15H,3,8H2,1-2H3.